The van der Waals surface area contributed by atoms with Gasteiger partial charge in [0, 0.05) is 0 Å². The zero-order chi connectivity index (χ0) is 22.9. The van der Waals surface area contributed by atoms with Crippen LogP contribution in [-0.4, -0.2) is 41.8 Å². The molecule has 33 heavy (non-hydrogen) atoms. The Kier molecular flexibility index (Phi) is 5.66. The highest BCUT2D eigenvalue weighted by Gasteiger charge is 2.55. The Hall–Kier alpha value is -3.19. The van der Waals surface area contributed by atoms with E-state index in [1.54, 1.807) is 0 Å². The maximum absolute atomic E-state index is 9.45. The van der Waals surface area contributed by atoms with E-state index in [4.69, 9.17) is 18.9 Å². The molecule has 6 nitrogen and oxygen atoms in total. The van der Waals surface area contributed by atoms with Crippen LogP contribution in [0.5, 0.6) is 0 Å². The van der Waals surface area contributed by atoms with Crippen molar-refractivity contribution in [1.29, 1.82) is 0 Å². The van der Waals surface area contributed by atoms with Crippen LogP contribution in [0.1, 0.15) is 30.5 Å². The van der Waals surface area contributed by atoms with Crippen molar-refractivity contribution in [2.75, 3.05) is 6.61 Å². The van der Waals surface area contributed by atoms with E-state index in [9.17, 15) is 5.21 Å². The van der Waals surface area contributed by atoms with Crippen molar-refractivity contribution in [3.63, 3.8) is 0 Å². The predicted molar refractivity (Wildman–Crippen MR) is 123 cm³/mol. The highest BCUT2D eigenvalue weighted by atomic mass is 16.8. The molecule has 170 valence electrons. The number of fused-ring (bicyclic) bond motifs is 1. The van der Waals surface area contributed by atoms with Crippen molar-refractivity contribution < 1.29 is 24.2 Å². The summed E-state index contributed by atoms with van der Waals surface area (Å²) in [5, 5.41) is 12.7. The molecule has 1 N–H and O–H groups in total. The van der Waals surface area contributed by atoms with Crippen molar-refractivity contribution >= 4 is 5.90 Å². The lowest BCUT2D eigenvalue weighted by molar-refractivity contribution is -0.165. The van der Waals surface area contributed by atoms with Gasteiger partial charge in [-0.3, -0.25) is 0 Å². The third-order valence-corrected chi connectivity index (χ3v) is 6.11. The minimum absolute atomic E-state index is 0.115. The highest BCUT2D eigenvalue weighted by molar-refractivity contribution is 5.83. The van der Waals surface area contributed by atoms with Gasteiger partial charge in [-0.1, -0.05) is 96.2 Å². The molecule has 2 aliphatic heterocycles. The second-order valence-corrected chi connectivity index (χ2v) is 8.71. The molecule has 0 bridgehead atoms. The van der Waals surface area contributed by atoms with E-state index < -0.39 is 29.7 Å². The Morgan fingerprint density at radius 2 is 1.30 bits per heavy atom. The van der Waals surface area contributed by atoms with Crippen LogP contribution in [0.2, 0.25) is 0 Å². The molecule has 3 atom stereocenters. The van der Waals surface area contributed by atoms with Crippen LogP contribution < -0.4 is 0 Å². The van der Waals surface area contributed by atoms with Crippen molar-refractivity contribution in [2.45, 2.75) is 43.5 Å². The Balaban J connectivity index is 1.56. The average molecular weight is 446 g/mol. The standard InChI is InChI=1S/C27H27NO5/c1-26(2)32-23-22(31-25(28-29)24(23)33-26)18-30-27(19-12-6-3-7-13-19,20-14-8-4-9-15-20)21-16-10-5-11-17-21/h3-17,22-24,29H,18H2,1-2H3/b28-25-/t22-,23-,24-/m1/s1. The first-order valence-electron chi connectivity index (χ1n) is 11.1. The molecule has 2 saturated heterocycles. The van der Waals surface area contributed by atoms with Gasteiger partial charge in [-0.05, 0) is 30.5 Å². The quantitative estimate of drug-likeness (QED) is 0.338. The lowest BCUT2D eigenvalue weighted by Crippen LogP contribution is -2.39. The van der Waals surface area contributed by atoms with Gasteiger partial charge in [0.05, 0.1) is 6.61 Å². The summed E-state index contributed by atoms with van der Waals surface area (Å²) in [4.78, 5) is 0. The molecule has 0 unspecified atom stereocenters. The molecule has 0 saturated carbocycles. The van der Waals surface area contributed by atoms with Crippen LogP contribution in [0.25, 0.3) is 0 Å². The minimum atomic E-state index is -0.878. The average Bonchev–Trinajstić information content (AvgIpc) is 3.34. The lowest BCUT2D eigenvalue weighted by Gasteiger charge is -2.37. The first-order valence-corrected chi connectivity index (χ1v) is 11.1. The molecule has 3 aromatic carbocycles. The third kappa shape index (κ3) is 3.91. The normalized spacial score (nSPS) is 25.0. The Labute approximate surface area is 193 Å². The van der Waals surface area contributed by atoms with Crippen molar-refractivity contribution in [2.24, 2.45) is 5.16 Å². The van der Waals surface area contributed by atoms with Crippen LogP contribution in [-0.2, 0) is 24.5 Å². The number of rotatable bonds is 6. The van der Waals surface area contributed by atoms with E-state index in [2.05, 4.69) is 41.6 Å². The zero-order valence-electron chi connectivity index (χ0n) is 18.6. The lowest BCUT2D eigenvalue weighted by atomic mass is 9.80. The second kappa shape index (κ2) is 8.63. The van der Waals surface area contributed by atoms with Crippen LogP contribution in [0.3, 0.4) is 0 Å². The molecule has 0 amide bonds. The summed E-state index contributed by atoms with van der Waals surface area (Å²) in [6.07, 6.45) is -1.51. The van der Waals surface area contributed by atoms with Crippen LogP contribution in [0, 0.1) is 0 Å². The molecule has 0 aliphatic carbocycles. The molecule has 5 rings (SSSR count). The Morgan fingerprint density at radius 1 is 0.818 bits per heavy atom. The van der Waals surface area contributed by atoms with Crippen LogP contribution in [0.4, 0.5) is 0 Å². The van der Waals surface area contributed by atoms with E-state index >= 15 is 0 Å². The molecule has 2 aliphatic rings. The molecule has 0 aromatic heterocycles. The van der Waals surface area contributed by atoms with E-state index in [-0.39, 0.29) is 12.5 Å². The highest BCUT2D eigenvalue weighted by Crippen LogP contribution is 2.42. The number of nitrogens with zero attached hydrogens (tertiary/aromatic N) is 1. The fourth-order valence-electron chi connectivity index (χ4n) is 4.73. The number of oxime groups is 1. The minimum Gasteiger partial charge on any atom is -0.468 e. The molecule has 6 heteroatoms. The number of hydrogen-bond acceptors (Lipinski definition) is 6. The second-order valence-electron chi connectivity index (χ2n) is 8.71. The van der Waals surface area contributed by atoms with Crippen LogP contribution in [0.15, 0.2) is 96.2 Å². The summed E-state index contributed by atoms with van der Waals surface area (Å²) >= 11 is 0. The SMILES string of the molecule is CC1(C)O[C@@H]2[C@@H](COC(c3ccccc3)(c3ccccc3)c3ccccc3)O/C(=N\O)[C@@H]2O1. The smallest absolute Gasteiger partial charge is 0.258 e. The van der Waals surface area contributed by atoms with Gasteiger partial charge in [0.15, 0.2) is 18.0 Å². The monoisotopic (exact) mass is 445 g/mol. The van der Waals surface area contributed by atoms with Gasteiger partial charge in [-0.2, -0.15) is 0 Å². The molecule has 2 heterocycles. The van der Waals surface area contributed by atoms with Crippen molar-refractivity contribution in [3.05, 3.63) is 108 Å². The van der Waals surface area contributed by atoms with E-state index in [0.717, 1.165) is 16.7 Å². The third-order valence-electron chi connectivity index (χ3n) is 6.11. The Bertz CT molecular complexity index is 1000. The summed E-state index contributed by atoms with van der Waals surface area (Å²) in [5.41, 5.74) is 2.11. The maximum atomic E-state index is 9.45. The molecule has 3 aromatic rings. The fraction of sp³-hybridized carbons (Fsp3) is 0.296. The summed E-state index contributed by atoms with van der Waals surface area (Å²) in [6.45, 7) is 3.86. The largest absolute Gasteiger partial charge is 0.468 e. The number of ether oxygens (including phenoxy) is 4. The van der Waals surface area contributed by atoms with Gasteiger partial charge in [0.1, 0.15) is 11.7 Å². The van der Waals surface area contributed by atoms with Gasteiger partial charge < -0.3 is 24.2 Å². The van der Waals surface area contributed by atoms with Gasteiger partial charge in [-0.25, -0.2) is 0 Å². The van der Waals surface area contributed by atoms with E-state index in [0.29, 0.717) is 0 Å². The molecular formula is C27H27NO5. The molecule has 0 radical (unpaired) electrons. The Morgan fingerprint density at radius 3 is 1.76 bits per heavy atom. The van der Waals surface area contributed by atoms with Gasteiger partial charge >= 0.3 is 0 Å². The summed E-state index contributed by atoms with van der Waals surface area (Å²) in [7, 11) is 0. The number of benzene rings is 3. The van der Waals surface area contributed by atoms with Crippen molar-refractivity contribution in [1.82, 2.24) is 0 Å². The maximum Gasteiger partial charge on any atom is 0.258 e. The topological polar surface area (TPSA) is 69.5 Å². The van der Waals surface area contributed by atoms with Crippen LogP contribution >= 0.6 is 0 Å². The van der Waals surface area contributed by atoms with Gasteiger partial charge in [0.25, 0.3) is 5.90 Å². The van der Waals surface area contributed by atoms with Gasteiger partial charge in [0.2, 0.25) is 0 Å². The first kappa shape index (κ1) is 21.6. The van der Waals surface area contributed by atoms with Crippen molar-refractivity contribution in [3.8, 4) is 0 Å². The summed E-state index contributed by atoms with van der Waals surface area (Å²) < 4.78 is 24.7. The molecule has 0 spiro atoms. The zero-order valence-corrected chi connectivity index (χ0v) is 18.6. The van der Waals surface area contributed by atoms with Gasteiger partial charge in [-0.15, -0.1) is 0 Å². The molecular weight excluding hydrogens is 418 g/mol. The van der Waals surface area contributed by atoms with E-state index in [1.165, 1.54) is 0 Å². The summed E-state index contributed by atoms with van der Waals surface area (Å²) in [6, 6.07) is 30.4. The first-order chi connectivity index (χ1) is 16.0. The molecule has 2 fully saturated rings. The van der Waals surface area contributed by atoms with E-state index in [1.807, 2.05) is 68.4 Å². The fourth-order valence-corrected chi connectivity index (χ4v) is 4.73. The summed E-state index contributed by atoms with van der Waals surface area (Å²) in [5.74, 6) is -0.688. The number of hydrogen-bond donors (Lipinski definition) is 1. The predicted octanol–water partition coefficient (Wildman–Crippen LogP) is 4.70.